The standard InChI is InChI=1S/C11H14N4O3/c1-7(16)18-9-4-3-8(5-10(9)17-2)6-14-15-11(12)13/h3-6H,1-2H3,(H4,12,13,15)/b14-6+. The molecule has 0 aliphatic carbocycles. The highest BCUT2D eigenvalue weighted by Gasteiger charge is 2.06. The van der Waals surface area contributed by atoms with Gasteiger partial charge in [0.1, 0.15) is 0 Å². The van der Waals surface area contributed by atoms with Gasteiger partial charge in [-0.2, -0.15) is 5.10 Å². The second-order valence-corrected chi connectivity index (χ2v) is 3.27. The van der Waals surface area contributed by atoms with Crippen molar-refractivity contribution in [2.45, 2.75) is 6.92 Å². The Labute approximate surface area is 104 Å². The molecule has 7 heteroatoms. The Morgan fingerprint density at radius 1 is 1.33 bits per heavy atom. The van der Waals surface area contributed by atoms with Crippen LogP contribution >= 0.6 is 0 Å². The zero-order valence-electron chi connectivity index (χ0n) is 10.1. The molecule has 0 aliphatic heterocycles. The van der Waals surface area contributed by atoms with E-state index in [1.54, 1.807) is 18.2 Å². The Kier molecular flexibility index (Phi) is 4.67. The number of rotatable bonds is 4. The Balaban J connectivity index is 2.94. The molecule has 0 saturated heterocycles. The number of nitrogens with two attached hydrogens (primary N) is 2. The van der Waals surface area contributed by atoms with Gasteiger partial charge in [-0.3, -0.25) is 4.79 Å². The van der Waals surface area contributed by atoms with Crippen LogP contribution in [0.15, 0.2) is 28.4 Å². The smallest absolute Gasteiger partial charge is 0.308 e. The van der Waals surface area contributed by atoms with E-state index in [0.29, 0.717) is 17.1 Å². The van der Waals surface area contributed by atoms with Gasteiger partial charge in [0.05, 0.1) is 13.3 Å². The Morgan fingerprint density at radius 2 is 2.06 bits per heavy atom. The quantitative estimate of drug-likeness (QED) is 0.261. The minimum Gasteiger partial charge on any atom is -0.493 e. The van der Waals surface area contributed by atoms with E-state index in [1.165, 1.54) is 20.2 Å². The highest BCUT2D eigenvalue weighted by Crippen LogP contribution is 2.27. The van der Waals surface area contributed by atoms with Gasteiger partial charge in [-0.05, 0) is 23.8 Å². The average molecular weight is 250 g/mol. The summed E-state index contributed by atoms with van der Waals surface area (Å²) >= 11 is 0. The third-order valence-electron chi connectivity index (χ3n) is 1.82. The van der Waals surface area contributed by atoms with Gasteiger partial charge in [0.2, 0.25) is 5.96 Å². The number of methoxy groups -OCH3 is 1. The summed E-state index contributed by atoms with van der Waals surface area (Å²) < 4.78 is 10.0. The normalized spacial score (nSPS) is 10.1. The molecule has 96 valence electrons. The van der Waals surface area contributed by atoms with Crippen LogP contribution in [0.3, 0.4) is 0 Å². The summed E-state index contributed by atoms with van der Waals surface area (Å²) in [4.78, 5) is 10.9. The van der Waals surface area contributed by atoms with Crippen molar-refractivity contribution >= 4 is 18.1 Å². The molecular formula is C11H14N4O3. The molecule has 0 fully saturated rings. The number of guanidine groups is 1. The molecule has 18 heavy (non-hydrogen) atoms. The summed E-state index contributed by atoms with van der Waals surface area (Å²) in [5.74, 6) is 0.202. The molecule has 0 aromatic heterocycles. The van der Waals surface area contributed by atoms with Crippen LogP contribution in [0.5, 0.6) is 11.5 Å². The van der Waals surface area contributed by atoms with Crippen LogP contribution in [-0.4, -0.2) is 25.3 Å². The van der Waals surface area contributed by atoms with Crippen molar-refractivity contribution < 1.29 is 14.3 Å². The molecule has 1 aromatic carbocycles. The van der Waals surface area contributed by atoms with E-state index in [-0.39, 0.29) is 5.96 Å². The maximum atomic E-state index is 10.9. The topological polar surface area (TPSA) is 112 Å². The van der Waals surface area contributed by atoms with Crippen molar-refractivity contribution in [2.75, 3.05) is 7.11 Å². The number of hydrogen-bond acceptors (Lipinski definition) is 5. The van der Waals surface area contributed by atoms with Gasteiger partial charge >= 0.3 is 5.97 Å². The lowest BCUT2D eigenvalue weighted by Crippen LogP contribution is -2.21. The number of ether oxygens (including phenoxy) is 2. The first-order valence-corrected chi connectivity index (χ1v) is 5.01. The Morgan fingerprint density at radius 3 is 2.61 bits per heavy atom. The lowest BCUT2D eigenvalue weighted by atomic mass is 10.2. The van der Waals surface area contributed by atoms with E-state index in [1.807, 2.05) is 0 Å². The predicted octanol–water partition coefficient (Wildman–Crippen LogP) is 0.228. The third kappa shape index (κ3) is 4.12. The lowest BCUT2D eigenvalue weighted by Gasteiger charge is -2.07. The number of benzene rings is 1. The van der Waals surface area contributed by atoms with Crippen molar-refractivity contribution in [2.24, 2.45) is 21.7 Å². The fraction of sp³-hybridized carbons (Fsp3) is 0.182. The summed E-state index contributed by atoms with van der Waals surface area (Å²) in [6.07, 6.45) is 1.44. The van der Waals surface area contributed by atoms with Crippen LogP contribution in [0.4, 0.5) is 0 Å². The van der Waals surface area contributed by atoms with Crippen LogP contribution in [0.1, 0.15) is 12.5 Å². The van der Waals surface area contributed by atoms with E-state index < -0.39 is 5.97 Å². The van der Waals surface area contributed by atoms with Crippen LogP contribution in [0.25, 0.3) is 0 Å². The maximum Gasteiger partial charge on any atom is 0.308 e. The summed E-state index contributed by atoms with van der Waals surface area (Å²) in [6, 6.07) is 4.92. The molecule has 0 atom stereocenters. The predicted molar refractivity (Wildman–Crippen MR) is 67.7 cm³/mol. The second kappa shape index (κ2) is 6.24. The SMILES string of the molecule is COc1cc(/C=N/N=C(N)N)ccc1OC(C)=O. The molecule has 0 bridgehead atoms. The number of nitrogens with zero attached hydrogens (tertiary/aromatic N) is 2. The van der Waals surface area contributed by atoms with Crippen LogP contribution in [0.2, 0.25) is 0 Å². The second-order valence-electron chi connectivity index (χ2n) is 3.27. The summed E-state index contributed by atoms with van der Waals surface area (Å²) in [5.41, 5.74) is 10.9. The lowest BCUT2D eigenvalue weighted by molar-refractivity contribution is -0.132. The van der Waals surface area contributed by atoms with Crippen LogP contribution in [0, 0.1) is 0 Å². The summed E-state index contributed by atoms with van der Waals surface area (Å²) in [7, 11) is 1.47. The van der Waals surface area contributed by atoms with Gasteiger partial charge in [-0.1, -0.05) is 0 Å². The highest BCUT2D eigenvalue weighted by molar-refractivity contribution is 5.83. The fourth-order valence-electron chi connectivity index (χ4n) is 1.17. The molecule has 4 N–H and O–H groups in total. The molecule has 0 unspecified atom stereocenters. The van der Waals surface area contributed by atoms with E-state index >= 15 is 0 Å². The first kappa shape index (κ1) is 13.5. The van der Waals surface area contributed by atoms with Crippen molar-refractivity contribution in [3.05, 3.63) is 23.8 Å². The fourth-order valence-corrected chi connectivity index (χ4v) is 1.17. The minimum atomic E-state index is -0.421. The van der Waals surface area contributed by atoms with Gasteiger partial charge in [0.15, 0.2) is 11.5 Å². The largest absolute Gasteiger partial charge is 0.493 e. The molecule has 0 saturated carbocycles. The molecular weight excluding hydrogens is 236 g/mol. The molecule has 0 spiro atoms. The van der Waals surface area contributed by atoms with Gasteiger partial charge in [0, 0.05) is 6.92 Å². The van der Waals surface area contributed by atoms with Gasteiger partial charge < -0.3 is 20.9 Å². The van der Waals surface area contributed by atoms with Crippen molar-refractivity contribution in [3.8, 4) is 11.5 Å². The molecule has 0 aliphatic rings. The van der Waals surface area contributed by atoms with Crippen LogP contribution < -0.4 is 20.9 Å². The molecule has 1 aromatic rings. The number of carbonyl (C=O) groups is 1. The molecule has 7 nitrogen and oxygen atoms in total. The molecule has 1 rings (SSSR count). The maximum absolute atomic E-state index is 10.9. The molecule has 0 heterocycles. The molecule has 0 radical (unpaired) electrons. The van der Waals surface area contributed by atoms with Crippen molar-refractivity contribution in [1.29, 1.82) is 0 Å². The Hall–Kier alpha value is -2.57. The van der Waals surface area contributed by atoms with Gasteiger partial charge in [0.25, 0.3) is 0 Å². The minimum absolute atomic E-state index is 0.130. The van der Waals surface area contributed by atoms with Gasteiger partial charge in [-0.15, -0.1) is 5.10 Å². The van der Waals surface area contributed by atoms with E-state index in [9.17, 15) is 4.79 Å². The Bertz CT molecular complexity index is 493. The van der Waals surface area contributed by atoms with E-state index in [2.05, 4.69) is 10.2 Å². The monoisotopic (exact) mass is 250 g/mol. The molecule has 0 amide bonds. The highest BCUT2D eigenvalue weighted by atomic mass is 16.6. The van der Waals surface area contributed by atoms with Crippen LogP contribution in [-0.2, 0) is 4.79 Å². The zero-order chi connectivity index (χ0) is 13.5. The third-order valence-corrected chi connectivity index (χ3v) is 1.82. The summed E-state index contributed by atoms with van der Waals surface area (Å²) in [5, 5.41) is 7.12. The number of hydrogen-bond donors (Lipinski definition) is 2. The number of esters is 1. The van der Waals surface area contributed by atoms with E-state index in [4.69, 9.17) is 20.9 Å². The number of carbonyl (C=O) groups excluding carboxylic acids is 1. The average Bonchev–Trinajstić information content (AvgIpc) is 2.29. The van der Waals surface area contributed by atoms with Gasteiger partial charge in [-0.25, -0.2) is 0 Å². The first-order chi connectivity index (χ1) is 8.52. The van der Waals surface area contributed by atoms with E-state index in [0.717, 1.165) is 0 Å². The van der Waals surface area contributed by atoms with Crippen molar-refractivity contribution in [1.82, 2.24) is 0 Å². The van der Waals surface area contributed by atoms with Crippen molar-refractivity contribution in [3.63, 3.8) is 0 Å². The zero-order valence-corrected chi connectivity index (χ0v) is 10.1. The first-order valence-electron chi connectivity index (χ1n) is 5.01. The summed E-state index contributed by atoms with van der Waals surface area (Å²) in [6.45, 7) is 1.31.